The van der Waals surface area contributed by atoms with Crippen LogP contribution in [0.1, 0.15) is 10.4 Å². The zero-order valence-corrected chi connectivity index (χ0v) is 15.9. The average Bonchev–Trinajstić information content (AvgIpc) is 2.69. The van der Waals surface area contributed by atoms with Crippen LogP contribution in [0.25, 0.3) is 0 Å². The van der Waals surface area contributed by atoms with E-state index in [0.717, 1.165) is 0 Å². The van der Waals surface area contributed by atoms with Crippen molar-refractivity contribution in [1.29, 1.82) is 0 Å². The Bertz CT molecular complexity index is 966. The summed E-state index contributed by atoms with van der Waals surface area (Å²) >= 11 is 3.34. The number of aromatic nitrogens is 2. The first-order valence-electron chi connectivity index (χ1n) is 7.91. The van der Waals surface area contributed by atoms with E-state index in [1.807, 2.05) is 30.3 Å². The molecule has 1 aromatic heterocycles. The number of hydrazine groups is 1. The van der Waals surface area contributed by atoms with Crippen molar-refractivity contribution >= 4 is 44.8 Å². The van der Waals surface area contributed by atoms with Crippen LogP contribution in [0.2, 0.25) is 0 Å². The van der Waals surface area contributed by atoms with Crippen LogP contribution in [-0.4, -0.2) is 23.0 Å². The summed E-state index contributed by atoms with van der Waals surface area (Å²) in [6, 6.07) is 14.4. The molecule has 0 spiro atoms. The van der Waals surface area contributed by atoms with E-state index >= 15 is 0 Å². The van der Waals surface area contributed by atoms with E-state index in [-0.39, 0.29) is 17.4 Å². The number of halogens is 1. The van der Waals surface area contributed by atoms with E-state index in [4.69, 9.17) is 10.5 Å². The van der Waals surface area contributed by atoms with Crippen molar-refractivity contribution in [2.24, 2.45) is 0 Å². The number of anilines is 4. The molecule has 0 saturated carbocycles. The fourth-order valence-corrected chi connectivity index (χ4v) is 2.76. The standard InChI is InChI=1S/C18H17BrN6O2/c1-27-14-9-5-4-8-13(14)23-16-15(20)17(22-10-21-16)24-25-18(26)11-6-2-3-7-12(11)19/h2-10H,20H2,1H3,(H,25,26)(H2,21,22,23,24). The molecule has 1 heterocycles. The maximum atomic E-state index is 12.3. The lowest BCUT2D eigenvalue weighted by molar-refractivity contribution is 0.0961. The minimum atomic E-state index is -0.334. The Hall–Kier alpha value is -3.33. The minimum Gasteiger partial charge on any atom is -0.495 e. The summed E-state index contributed by atoms with van der Waals surface area (Å²) in [7, 11) is 1.58. The van der Waals surface area contributed by atoms with Crippen molar-refractivity contribution in [2.75, 3.05) is 23.6 Å². The second-order valence-electron chi connectivity index (χ2n) is 5.37. The highest BCUT2D eigenvalue weighted by atomic mass is 79.9. The largest absolute Gasteiger partial charge is 0.495 e. The molecule has 0 radical (unpaired) electrons. The van der Waals surface area contributed by atoms with Crippen LogP contribution in [0, 0.1) is 0 Å². The van der Waals surface area contributed by atoms with Gasteiger partial charge in [0.15, 0.2) is 11.6 Å². The molecule has 3 rings (SSSR count). The highest BCUT2D eigenvalue weighted by Gasteiger charge is 2.13. The number of hydrogen-bond donors (Lipinski definition) is 4. The first kappa shape index (κ1) is 18.5. The Morgan fingerprint density at radius 3 is 2.56 bits per heavy atom. The molecule has 2 aromatic carbocycles. The Balaban J connectivity index is 1.75. The van der Waals surface area contributed by atoms with Crippen molar-refractivity contribution in [3.05, 3.63) is 64.9 Å². The van der Waals surface area contributed by atoms with Gasteiger partial charge in [0.2, 0.25) is 0 Å². The summed E-state index contributed by atoms with van der Waals surface area (Å²) in [6.07, 6.45) is 1.33. The number of para-hydroxylation sites is 2. The van der Waals surface area contributed by atoms with E-state index in [2.05, 4.69) is 42.1 Å². The monoisotopic (exact) mass is 428 g/mol. The number of carbonyl (C=O) groups excluding carboxylic acids is 1. The highest BCUT2D eigenvalue weighted by Crippen LogP contribution is 2.30. The van der Waals surface area contributed by atoms with Gasteiger partial charge in [-0.15, -0.1) is 0 Å². The summed E-state index contributed by atoms with van der Waals surface area (Å²) in [5.74, 6) is 0.960. The van der Waals surface area contributed by atoms with E-state index in [1.54, 1.807) is 25.3 Å². The third-order valence-corrected chi connectivity index (χ3v) is 4.35. The van der Waals surface area contributed by atoms with Gasteiger partial charge in [0.25, 0.3) is 5.91 Å². The van der Waals surface area contributed by atoms with Gasteiger partial charge in [0.05, 0.1) is 18.4 Å². The number of hydrogen-bond acceptors (Lipinski definition) is 7. The maximum Gasteiger partial charge on any atom is 0.270 e. The molecule has 3 aromatic rings. The number of nitrogens with zero attached hydrogens (tertiary/aromatic N) is 2. The van der Waals surface area contributed by atoms with Crippen molar-refractivity contribution in [3.8, 4) is 5.75 Å². The van der Waals surface area contributed by atoms with Crippen LogP contribution in [0.15, 0.2) is 59.3 Å². The molecular formula is C18H17BrN6O2. The lowest BCUT2D eigenvalue weighted by atomic mass is 10.2. The Morgan fingerprint density at radius 2 is 1.78 bits per heavy atom. The average molecular weight is 429 g/mol. The number of methoxy groups -OCH3 is 1. The van der Waals surface area contributed by atoms with Crippen molar-refractivity contribution in [3.63, 3.8) is 0 Å². The summed E-state index contributed by atoms with van der Waals surface area (Å²) < 4.78 is 5.98. The Kier molecular flexibility index (Phi) is 5.72. The molecular weight excluding hydrogens is 412 g/mol. The lowest BCUT2D eigenvalue weighted by Crippen LogP contribution is -2.30. The number of benzene rings is 2. The number of nitrogens with one attached hydrogen (secondary N) is 3. The first-order chi connectivity index (χ1) is 13.1. The van der Waals surface area contributed by atoms with Crippen LogP contribution in [-0.2, 0) is 0 Å². The van der Waals surface area contributed by atoms with E-state index in [1.165, 1.54) is 6.33 Å². The molecule has 0 aliphatic carbocycles. The molecule has 1 amide bonds. The normalized spacial score (nSPS) is 10.1. The molecule has 0 aliphatic heterocycles. The van der Waals surface area contributed by atoms with E-state index in [0.29, 0.717) is 27.3 Å². The van der Waals surface area contributed by atoms with Gasteiger partial charge in [0.1, 0.15) is 17.8 Å². The third-order valence-electron chi connectivity index (χ3n) is 3.66. The van der Waals surface area contributed by atoms with Gasteiger partial charge in [-0.2, -0.15) is 0 Å². The molecule has 138 valence electrons. The van der Waals surface area contributed by atoms with Gasteiger partial charge in [-0.05, 0) is 40.2 Å². The summed E-state index contributed by atoms with van der Waals surface area (Å²) in [4.78, 5) is 20.5. The second-order valence-corrected chi connectivity index (χ2v) is 6.22. The van der Waals surface area contributed by atoms with Gasteiger partial charge in [-0.25, -0.2) is 9.97 Å². The number of ether oxygens (including phenoxy) is 1. The predicted molar refractivity (Wildman–Crippen MR) is 108 cm³/mol. The second kappa shape index (κ2) is 8.37. The summed E-state index contributed by atoms with van der Waals surface area (Å²) in [5.41, 5.74) is 12.8. The number of nitrogen functional groups attached to an aromatic ring is 1. The van der Waals surface area contributed by atoms with Gasteiger partial charge in [-0.3, -0.25) is 15.6 Å². The third kappa shape index (κ3) is 4.26. The van der Waals surface area contributed by atoms with Crippen molar-refractivity contribution in [1.82, 2.24) is 15.4 Å². The number of carbonyl (C=O) groups is 1. The highest BCUT2D eigenvalue weighted by molar-refractivity contribution is 9.10. The topological polar surface area (TPSA) is 114 Å². The molecule has 0 atom stereocenters. The van der Waals surface area contributed by atoms with Crippen LogP contribution in [0.3, 0.4) is 0 Å². The predicted octanol–water partition coefficient (Wildman–Crippen LogP) is 3.33. The molecule has 8 nitrogen and oxygen atoms in total. The molecule has 0 bridgehead atoms. The number of rotatable bonds is 6. The minimum absolute atomic E-state index is 0.246. The molecule has 0 unspecified atom stereocenters. The van der Waals surface area contributed by atoms with Gasteiger partial charge in [0, 0.05) is 4.47 Å². The van der Waals surface area contributed by atoms with E-state index in [9.17, 15) is 4.79 Å². The number of amides is 1. The van der Waals surface area contributed by atoms with Gasteiger partial charge < -0.3 is 15.8 Å². The number of nitrogens with two attached hydrogens (primary N) is 1. The van der Waals surface area contributed by atoms with Crippen LogP contribution < -0.4 is 26.6 Å². The lowest BCUT2D eigenvalue weighted by Gasteiger charge is -2.14. The van der Waals surface area contributed by atoms with Gasteiger partial charge >= 0.3 is 0 Å². The maximum absolute atomic E-state index is 12.3. The fourth-order valence-electron chi connectivity index (χ4n) is 2.30. The Labute approximate surface area is 164 Å². The molecule has 9 heteroatoms. The molecule has 5 N–H and O–H groups in total. The SMILES string of the molecule is COc1ccccc1Nc1ncnc(NNC(=O)c2ccccc2Br)c1N. The molecule has 0 saturated heterocycles. The molecule has 0 aliphatic rings. The first-order valence-corrected chi connectivity index (χ1v) is 8.71. The van der Waals surface area contributed by atoms with Crippen LogP contribution in [0.5, 0.6) is 5.75 Å². The molecule has 0 fully saturated rings. The van der Waals surface area contributed by atoms with Crippen molar-refractivity contribution < 1.29 is 9.53 Å². The zero-order valence-electron chi connectivity index (χ0n) is 14.4. The van der Waals surface area contributed by atoms with E-state index < -0.39 is 0 Å². The Morgan fingerprint density at radius 1 is 1.07 bits per heavy atom. The van der Waals surface area contributed by atoms with Crippen LogP contribution >= 0.6 is 15.9 Å². The summed E-state index contributed by atoms with van der Waals surface area (Å²) in [6.45, 7) is 0. The summed E-state index contributed by atoms with van der Waals surface area (Å²) in [5, 5.41) is 3.10. The van der Waals surface area contributed by atoms with Crippen LogP contribution in [0.4, 0.5) is 23.0 Å². The van der Waals surface area contributed by atoms with Gasteiger partial charge in [-0.1, -0.05) is 24.3 Å². The molecule has 27 heavy (non-hydrogen) atoms. The fraction of sp³-hybridized carbons (Fsp3) is 0.0556. The van der Waals surface area contributed by atoms with Crippen molar-refractivity contribution in [2.45, 2.75) is 0 Å². The zero-order chi connectivity index (χ0) is 19.2. The quantitative estimate of drug-likeness (QED) is 0.445. The smallest absolute Gasteiger partial charge is 0.270 e.